The molecule has 0 saturated heterocycles. The molecule has 0 spiro atoms. The molecule has 0 saturated carbocycles. The van der Waals surface area contributed by atoms with Crippen LogP contribution in [-0.2, 0) is 11.2 Å². The number of amides is 2. The Labute approximate surface area is 125 Å². The normalized spacial score (nSPS) is 10.1. The van der Waals surface area contributed by atoms with Crippen molar-refractivity contribution in [2.45, 2.75) is 19.8 Å². The number of urea groups is 1. The van der Waals surface area contributed by atoms with Crippen LogP contribution in [0.3, 0.4) is 0 Å². The maximum Gasteiger partial charge on any atom is 0.325 e. The van der Waals surface area contributed by atoms with Crippen LogP contribution in [0.2, 0.25) is 0 Å². The first-order valence-electron chi connectivity index (χ1n) is 6.34. The van der Waals surface area contributed by atoms with Crippen molar-refractivity contribution in [1.29, 1.82) is 0 Å². The second kappa shape index (κ2) is 6.85. The van der Waals surface area contributed by atoms with Crippen molar-refractivity contribution in [3.63, 3.8) is 0 Å². The fraction of sp³-hybridized carbons (Fsp3) is 0.214. The number of carboxylic acids is 1. The number of anilines is 2. The summed E-state index contributed by atoms with van der Waals surface area (Å²) in [5.41, 5.74) is 2.23. The SMILES string of the molecule is Cc1csc(NC(=O)Nc2ccccc2CCC(=O)O)n1. The Morgan fingerprint density at radius 2 is 2.05 bits per heavy atom. The lowest BCUT2D eigenvalue weighted by Crippen LogP contribution is -2.20. The fourth-order valence-electron chi connectivity index (χ4n) is 1.76. The highest BCUT2D eigenvalue weighted by Crippen LogP contribution is 2.18. The van der Waals surface area contributed by atoms with E-state index in [0.29, 0.717) is 17.2 Å². The Balaban J connectivity index is 2.01. The van der Waals surface area contributed by atoms with Gasteiger partial charge in [0.1, 0.15) is 0 Å². The van der Waals surface area contributed by atoms with E-state index in [1.165, 1.54) is 11.3 Å². The van der Waals surface area contributed by atoms with Gasteiger partial charge in [0, 0.05) is 17.5 Å². The van der Waals surface area contributed by atoms with Crippen molar-refractivity contribution in [1.82, 2.24) is 4.98 Å². The zero-order valence-electron chi connectivity index (χ0n) is 11.4. The largest absolute Gasteiger partial charge is 0.481 e. The van der Waals surface area contributed by atoms with E-state index in [-0.39, 0.29) is 6.42 Å². The van der Waals surface area contributed by atoms with Crippen LogP contribution in [0.5, 0.6) is 0 Å². The molecule has 1 aromatic heterocycles. The van der Waals surface area contributed by atoms with Crippen LogP contribution in [0.4, 0.5) is 15.6 Å². The molecule has 21 heavy (non-hydrogen) atoms. The molecule has 0 atom stereocenters. The molecule has 0 bridgehead atoms. The highest BCUT2D eigenvalue weighted by molar-refractivity contribution is 7.13. The Morgan fingerprint density at radius 3 is 2.71 bits per heavy atom. The monoisotopic (exact) mass is 305 g/mol. The number of nitrogens with one attached hydrogen (secondary N) is 2. The number of aliphatic carboxylic acids is 1. The van der Waals surface area contributed by atoms with Gasteiger partial charge in [-0.05, 0) is 25.0 Å². The van der Waals surface area contributed by atoms with E-state index in [1.54, 1.807) is 18.2 Å². The molecule has 1 heterocycles. The molecule has 6 nitrogen and oxygen atoms in total. The molecule has 2 amide bonds. The van der Waals surface area contributed by atoms with Crippen molar-refractivity contribution in [3.05, 3.63) is 40.9 Å². The van der Waals surface area contributed by atoms with E-state index in [9.17, 15) is 9.59 Å². The first kappa shape index (κ1) is 15.0. The number of hydrogen-bond acceptors (Lipinski definition) is 4. The van der Waals surface area contributed by atoms with Crippen LogP contribution in [0, 0.1) is 6.92 Å². The summed E-state index contributed by atoms with van der Waals surface area (Å²) in [5, 5.41) is 16.5. The van der Waals surface area contributed by atoms with E-state index in [0.717, 1.165) is 11.3 Å². The molecule has 0 fully saturated rings. The third-order valence-corrected chi connectivity index (χ3v) is 3.59. The van der Waals surface area contributed by atoms with Crippen molar-refractivity contribution in [2.24, 2.45) is 0 Å². The van der Waals surface area contributed by atoms with Crippen LogP contribution in [0.1, 0.15) is 17.7 Å². The lowest BCUT2D eigenvalue weighted by Gasteiger charge is -2.10. The predicted molar refractivity (Wildman–Crippen MR) is 81.9 cm³/mol. The third kappa shape index (κ3) is 4.57. The molecule has 0 radical (unpaired) electrons. The smallest absolute Gasteiger partial charge is 0.325 e. The zero-order valence-corrected chi connectivity index (χ0v) is 12.2. The van der Waals surface area contributed by atoms with Crippen LogP contribution in [0.25, 0.3) is 0 Å². The number of hydrogen-bond donors (Lipinski definition) is 3. The van der Waals surface area contributed by atoms with Crippen molar-refractivity contribution < 1.29 is 14.7 Å². The predicted octanol–water partition coefficient (Wildman–Crippen LogP) is 3.11. The number of benzene rings is 1. The zero-order chi connectivity index (χ0) is 15.2. The number of carboxylic acid groups (broad SMARTS) is 1. The first-order valence-corrected chi connectivity index (χ1v) is 7.22. The Hall–Kier alpha value is -2.41. The Kier molecular flexibility index (Phi) is 4.89. The summed E-state index contributed by atoms with van der Waals surface area (Å²) in [7, 11) is 0. The summed E-state index contributed by atoms with van der Waals surface area (Å²) < 4.78 is 0. The molecule has 1 aromatic carbocycles. The maximum absolute atomic E-state index is 11.9. The van der Waals surface area contributed by atoms with Crippen LogP contribution in [0.15, 0.2) is 29.6 Å². The average molecular weight is 305 g/mol. The lowest BCUT2D eigenvalue weighted by molar-refractivity contribution is -0.136. The number of thiazole rings is 1. The van der Waals surface area contributed by atoms with Gasteiger partial charge in [0.15, 0.2) is 5.13 Å². The van der Waals surface area contributed by atoms with E-state index in [4.69, 9.17) is 5.11 Å². The molecule has 3 N–H and O–H groups in total. The van der Waals surface area contributed by atoms with Gasteiger partial charge >= 0.3 is 12.0 Å². The van der Waals surface area contributed by atoms with E-state index >= 15 is 0 Å². The van der Waals surface area contributed by atoms with Gasteiger partial charge in [0.05, 0.1) is 5.69 Å². The number of carbonyl (C=O) groups excluding carboxylic acids is 1. The average Bonchev–Trinajstić information content (AvgIpc) is 2.83. The van der Waals surface area contributed by atoms with Gasteiger partial charge in [-0.25, -0.2) is 9.78 Å². The maximum atomic E-state index is 11.9. The summed E-state index contributed by atoms with van der Waals surface area (Å²) in [4.78, 5) is 26.7. The molecule has 0 aliphatic heterocycles. The summed E-state index contributed by atoms with van der Waals surface area (Å²) in [5.74, 6) is -0.868. The minimum absolute atomic E-state index is 0.0198. The molecule has 0 unspecified atom stereocenters. The Morgan fingerprint density at radius 1 is 1.29 bits per heavy atom. The molecule has 110 valence electrons. The van der Waals surface area contributed by atoms with Gasteiger partial charge in [-0.3, -0.25) is 10.1 Å². The van der Waals surface area contributed by atoms with E-state index in [1.807, 2.05) is 18.4 Å². The molecule has 0 aliphatic carbocycles. The molecule has 7 heteroatoms. The van der Waals surface area contributed by atoms with Gasteiger partial charge in [-0.1, -0.05) is 18.2 Å². The number of aryl methyl sites for hydroxylation is 2. The molecular formula is C14H15N3O3S. The van der Waals surface area contributed by atoms with Crippen LogP contribution >= 0.6 is 11.3 Å². The number of nitrogens with zero attached hydrogens (tertiary/aromatic N) is 1. The summed E-state index contributed by atoms with van der Waals surface area (Å²) in [6, 6.07) is 6.74. The summed E-state index contributed by atoms with van der Waals surface area (Å²) in [6.45, 7) is 1.85. The number of carbonyl (C=O) groups is 2. The first-order chi connectivity index (χ1) is 10.0. The highest BCUT2D eigenvalue weighted by atomic mass is 32.1. The quantitative estimate of drug-likeness (QED) is 0.791. The van der Waals surface area contributed by atoms with Gasteiger partial charge in [-0.15, -0.1) is 11.3 Å². The van der Waals surface area contributed by atoms with Crippen molar-refractivity contribution >= 4 is 34.2 Å². The Bertz CT molecular complexity index is 654. The standard InChI is InChI=1S/C14H15N3O3S/c1-9-8-21-14(15-9)17-13(20)16-11-5-3-2-4-10(11)6-7-12(18)19/h2-5,8H,6-7H2,1H3,(H,18,19)(H2,15,16,17,20). The van der Waals surface area contributed by atoms with Crippen LogP contribution in [-0.4, -0.2) is 22.1 Å². The number of para-hydroxylation sites is 1. The number of aromatic nitrogens is 1. The van der Waals surface area contributed by atoms with E-state index < -0.39 is 12.0 Å². The molecule has 0 aliphatic rings. The van der Waals surface area contributed by atoms with Gasteiger partial charge < -0.3 is 10.4 Å². The second-order valence-corrected chi connectivity index (χ2v) is 5.28. The molecule has 2 rings (SSSR count). The van der Waals surface area contributed by atoms with Gasteiger partial charge in [0.2, 0.25) is 0 Å². The van der Waals surface area contributed by atoms with Crippen molar-refractivity contribution in [3.8, 4) is 0 Å². The summed E-state index contributed by atoms with van der Waals surface area (Å²) in [6.07, 6.45) is 0.383. The second-order valence-electron chi connectivity index (χ2n) is 4.42. The third-order valence-electron chi connectivity index (χ3n) is 2.71. The fourth-order valence-corrected chi connectivity index (χ4v) is 2.45. The lowest BCUT2D eigenvalue weighted by atomic mass is 10.1. The van der Waals surface area contributed by atoms with Gasteiger partial charge in [-0.2, -0.15) is 0 Å². The van der Waals surface area contributed by atoms with Crippen molar-refractivity contribution in [2.75, 3.05) is 10.6 Å². The van der Waals surface area contributed by atoms with E-state index in [2.05, 4.69) is 15.6 Å². The summed E-state index contributed by atoms with van der Waals surface area (Å²) >= 11 is 1.35. The minimum atomic E-state index is -0.868. The molecule has 2 aromatic rings. The van der Waals surface area contributed by atoms with Gasteiger partial charge in [0.25, 0.3) is 0 Å². The van der Waals surface area contributed by atoms with Crippen LogP contribution < -0.4 is 10.6 Å². The highest BCUT2D eigenvalue weighted by Gasteiger charge is 2.09. The minimum Gasteiger partial charge on any atom is -0.481 e. The molecular weight excluding hydrogens is 290 g/mol. The topological polar surface area (TPSA) is 91.3 Å². The number of rotatable bonds is 5.